The summed E-state index contributed by atoms with van der Waals surface area (Å²) in [7, 11) is 0. The molecule has 0 saturated heterocycles. The smallest absolute Gasteiger partial charge is 0.251 e. The molecule has 0 heterocycles. The molecular weight excluding hydrogens is 312 g/mol. The van der Waals surface area contributed by atoms with Gasteiger partial charge in [0.15, 0.2) is 0 Å². The van der Waals surface area contributed by atoms with E-state index in [9.17, 15) is 9.59 Å². The minimum absolute atomic E-state index is 0.0435. The quantitative estimate of drug-likeness (QED) is 0.863. The Morgan fingerprint density at radius 1 is 0.880 bits per heavy atom. The van der Waals surface area contributed by atoms with Crippen LogP contribution in [0.4, 0.5) is 5.69 Å². The Hall–Kier alpha value is -2.62. The predicted octanol–water partition coefficient (Wildman–Crippen LogP) is 4.10. The van der Waals surface area contributed by atoms with E-state index in [0.717, 1.165) is 5.69 Å². The van der Waals surface area contributed by atoms with Crippen molar-refractivity contribution in [3.63, 3.8) is 0 Å². The maximum Gasteiger partial charge on any atom is 0.251 e. The average Bonchev–Trinajstić information content (AvgIpc) is 2.68. The number of para-hydroxylation sites is 1. The topological polar surface area (TPSA) is 58.2 Å². The Kier molecular flexibility index (Phi) is 5.83. The molecule has 0 radical (unpaired) electrons. The van der Waals surface area contributed by atoms with Crippen LogP contribution >= 0.6 is 0 Å². The number of rotatable bonds is 5. The molecule has 0 aromatic heterocycles. The molecule has 2 aromatic carbocycles. The van der Waals surface area contributed by atoms with Crippen molar-refractivity contribution in [2.75, 3.05) is 11.9 Å². The normalized spacial score (nSPS) is 14.7. The van der Waals surface area contributed by atoms with Gasteiger partial charge >= 0.3 is 0 Å². The van der Waals surface area contributed by atoms with Crippen LogP contribution in [0.5, 0.6) is 0 Å². The van der Waals surface area contributed by atoms with Gasteiger partial charge in [-0.3, -0.25) is 9.59 Å². The first-order valence-corrected chi connectivity index (χ1v) is 8.95. The molecule has 0 atom stereocenters. The summed E-state index contributed by atoms with van der Waals surface area (Å²) in [5.74, 6) is 0.166. The third kappa shape index (κ3) is 4.92. The van der Waals surface area contributed by atoms with Gasteiger partial charge in [-0.1, -0.05) is 49.6 Å². The van der Waals surface area contributed by atoms with Gasteiger partial charge in [0.05, 0.1) is 6.54 Å². The van der Waals surface area contributed by atoms with E-state index in [0.29, 0.717) is 11.5 Å². The van der Waals surface area contributed by atoms with E-state index in [2.05, 4.69) is 22.8 Å². The first-order valence-electron chi connectivity index (χ1n) is 8.95. The van der Waals surface area contributed by atoms with Crippen molar-refractivity contribution in [2.45, 2.75) is 38.0 Å². The fraction of sp³-hybridized carbons (Fsp3) is 0.333. The minimum atomic E-state index is -0.238. The third-order valence-corrected chi connectivity index (χ3v) is 4.72. The maximum absolute atomic E-state index is 12.2. The number of nitrogens with one attached hydrogen (secondary N) is 2. The SMILES string of the molecule is O=C(CNC(=O)c1ccc(C2CCCCC2)cc1)Nc1ccccc1. The van der Waals surface area contributed by atoms with E-state index in [1.54, 1.807) is 0 Å². The molecule has 1 fully saturated rings. The van der Waals surface area contributed by atoms with Gasteiger partial charge < -0.3 is 10.6 Å². The van der Waals surface area contributed by atoms with Crippen LogP contribution in [-0.2, 0) is 4.79 Å². The highest BCUT2D eigenvalue weighted by atomic mass is 16.2. The summed E-state index contributed by atoms with van der Waals surface area (Å²) in [6.45, 7) is -0.0435. The fourth-order valence-corrected chi connectivity index (χ4v) is 3.33. The summed E-state index contributed by atoms with van der Waals surface area (Å²) in [6.07, 6.45) is 6.41. The highest BCUT2D eigenvalue weighted by molar-refractivity contribution is 5.99. The van der Waals surface area contributed by atoms with Crippen molar-refractivity contribution in [1.29, 1.82) is 0 Å². The predicted molar refractivity (Wildman–Crippen MR) is 99.7 cm³/mol. The molecule has 1 aliphatic carbocycles. The molecule has 130 valence electrons. The van der Waals surface area contributed by atoms with E-state index < -0.39 is 0 Å². The highest BCUT2D eigenvalue weighted by Gasteiger charge is 2.16. The van der Waals surface area contributed by atoms with E-state index in [-0.39, 0.29) is 18.4 Å². The van der Waals surface area contributed by atoms with Crippen molar-refractivity contribution >= 4 is 17.5 Å². The Morgan fingerprint density at radius 2 is 1.56 bits per heavy atom. The minimum Gasteiger partial charge on any atom is -0.343 e. The molecule has 0 spiro atoms. The van der Waals surface area contributed by atoms with Crippen LogP contribution in [-0.4, -0.2) is 18.4 Å². The lowest BCUT2D eigenvalue weighted by Crippen LogP contribution is -2.32. The number of anilines is 1. The van der Waals surface area contributed by atoms with Crippen LogP contribution in [0, 0.1) is 0 Å². The monoisotopic (exact) mass is 336 g/mol. The molecule has 2 N–H and O–H groups in total. The largest absolute Gasteiger partial charge is 0.343 e. The summed E-state index contributed by atoms with van der Waals surface area (Å²) in [5.41, 5.74) is 2.63. The van der Waals surface area contributed by atoms with Gasteiger partial charge in [0.25, 0.3) is 5.91 Å². The molecule has 1 saturated carbocycles. The molecule has 0 bridgehead atoms. The van der Waals surface area contributed by atoms with Crippen molar-refractivity contribution in [3.8, 4) is 0 Å². The van der Waals surface area contributed by atoms with Gasteiger partial charge in [-0.2, -0.15) is 0 Å². The molecule has 2 aromatic rings. The zero-order chi connectivity index (χ0) is 17.5. The molecular formula is C21H24N2O2. The molecule has 4 nitrogen and oxygen atoms in total. The van der Waals surface area contributed by atoms with Crippen LogP contribution in [0.15, 0.2) is 54.6 Å². The molecule has 0 unspecified atom stereocenters. The fourth-order valence-electron chi connectivity index (χ4n) is 3.33. The van der Waals surface area contributed by atoms with Crippen molar-refractivity contribution in [3.05, 3.63) is 65.7 Å². The van der Waals surface area contributed by atoms with Crippen molar-refractivity contribution in [2.24, 2.45) is 0 Å². The van der Waals surface area contributed by atoms with Crippen LogP contribution in [0.2, 0.25) is 0 Å². The maximum atomic E-state index is 12.2. The standard InChI is InChI=1S/C21H24N2O2/c24-20(23-19-9-5-2-6-10-19)15-22-21(25)18-13-11-17(12-14-18)16-7-3-1-4-8-16/h2,5-6,9-14,16H,1,3-4,7-8,15H2,(H,22,25)(H,23,24). The second-order valence-electron chi connectivity index (χ2n) is 6.55. The molecule has 3 rings (SSSR count). The molecule has 1 aliphatic rings. The lowest BCUT2D eigenvalue weighted by Gasteiger charge is -2.22. The summed E-state index contributed by atoms with van der Waals surface area (Å²) < 4.78 is 0. The Labute approximate surface area is 148 Å². The van der Waals surface area contributed by atoms with Gasteiger partial charge in [-0.25, -0.2) is 0 Å². The lowest BCUT2D eigenvalue weighted by atomic mass is 9.84. The van der Waals surface area contributed by atoms with Gasteiger partial charge in [0.1, 0.15) is 0 Å². The molecule has 0 aliphatic heterocycles. The van der Waals surface area contributed by atoms with Crippen LogP contribution in [0.3, 0.4) is 0 Å². The zero-order valence-electron chi connectivity index (χ0n) is 14.3. The number of hydrogen-bond acceptors (Lipinski definition) is 2. The van der Waals surface area contributed by atoms with Crippen LogP contribution in [0.25, 0.3) is 0 Å². The summed E-state index contributed by atoms with van der Waals surface area (Å²) in [6, 6.07) is 17.0. The summed E-state index contributed by atoms with van der Waals surface area (Å²) in [5, 5.41) is 5.41. The summed E-state index contributed by atoms with van der Waals surface area (Å²) in [4.78, 5) is 24.1. The summed E-state index contributed by atoms with van der Waals surface area (Å²) >= 11 is 0. The number of amides is 2. The van der Waals surface area contributed by atoms with Gasteiger partial charge in [-0.05, 0) is 48.6 Å². The number of carbonyl (C=O) groups is 2. The van der Waals surface area contributed by atoms with Crippen LogP contribution in [0.1, 0.15) is 53.9 Å². The molecule has 4 heteroatoms. The molecule has 25 heavy (non-hydrogen) atoms. The van der Waals surface area contributed by atoms with E-state index in [1.165, 1.54) is 37.7 Å². The Morgan fingerprint density at radius 3 is 2.24 bits per heavy atom. The second-order valence-corrected chi connectivity index (χ2v) is 6.55. The van der Waals surface area contributed by atoms with Gasteiger partial charge in [-0.15, -0.1) is 0 Å². The highest BCUT2D eigenvalue weighted by Crippen LogP contribution is 2.32. The van der Waals surface area contributed by atoms with Gasteiger partial charge in [0, 0.05) is 11.3 Å². The zero-order valence-corrected chi connectivity index (χ0v) is 14.3. The number of carbonyl (C=O) groups excluding carboxylic acids is 2. The Bertz CT molecular complexity index is 704. The third-order valence-electron chi connectivity index (χ3n) is 4.72. The average molecular weight is 336 g/mol. The number of benzene rings is 2. The van der Waals surface area contributed by atoms with Crippen LogP contribution < -0.4 is 10.6 Å². The van der Waals surface area contributed by atoms with E-state index >= 15 is 0 Å². The first-order chi connectivity index (χ1) is 12.2. The van der Waals surface area contributed by atoms with Gasteiger partial charge in [0.2, 0.25) is 5.91 Å². The van der Waals surface area contributed by atoms with Crippen molar-refractivity contribution in [1.82, 2.24) is 5.32 Å². The number of hydrogen-bond donors (Lipinski definition) is 2. The lowest BCUT2D eigenvalue weighted by molar-refractivity contribution is -0.115. The Balaban J connectivity index is 1.50. The van der Waals surface area contributed by atoms with E-state index in [4.69, 9.17) is 0 Å². The second kappa shape index (κ2) is 8.47. The molecule has 2 amide bonds. The van der Waals surface area contributed by atoms with Crippen molar-refractivity contribution < 1.29 is 9.59 Å². The first kappa shape index (κ1) is 17.2. The van der Waals surface area contributed by atoms with E-state index in [1.807, 2.05) is 42.5 Å².